The van der Waals surface area contributed by atoms with Crippen molar-refractivity contribution in [3.8, 4) is 6.07 Å². The molecule has 0 aromatic rings. The Labute approximate surface area is 86.2 Å². The van der Waals surface area contributed by atoms with Crippen LogP contribution >= 0.6 is 0 Å². The lowest BCUT2D eigenvalue weighted by Crippen LogP contribution is -2.56. The van der Waals surface area contributed by atoms with Crippen LogP contribution in [0.2, 0.25) is 0 Å². The van der Waals surface area contributed by atoms with Crippen LogP contribution in [0.15, 0.2) is 0 Å². The van der Waals surface area contributed by atoms with Gasteiger partial charge in [0.25, 0.3) is 0 Å². The van der Waals surface area contributed by atoms with Crippen LogP contribution in [-0.4, -0.2) is 13.2 Å². The van der Waals surface area contributed by atoms with Gasteiger partial charge in [-0.25, -0.2) is 0 Å². The number of hydrogen-bond donors (Lipinski definition) is 0. The quantitative estimate of drug-likeness (QED) is 0.675. The van der Waals surface area contributed by atoms with Crippen molar-refractivity contribution in [1.29, 1.82) is 5.26 Å². The average Bonchev–Trinajstić information content (AvgIpc) is 2.55. The van der Waals surface area contributed by atoms with Gasteiger partial charge in [0, 0.05) is 5.41 Å². The lowest BCUT2D eigenvalue weighted by molar-refractivity contribution is -0.190. The van der Waals surface area contributed by atoms with E-state index in [2.05, 4.69) is 19.9 Å². The summed E-state index contributed by atoms with van der Waals surface area (Å²) < 4.78 is 5.39. The van der Waals surface area contributed by atoms with Crippen molar-refractivity contribution in [1.82, 2.24) is 0 Å². The standard InChI is InChI=1S/C12H19NO/c1-11(2,7-13)12(8-14-9-12)10-5-3-4-6-10/h10H,3-6,8-9H2,1-2H3. The lowest BCUT2D eigenvalue weighted by atomic mass is 9.57. The average molecular weight is 193 g/mol. The minimum Gasteiger partial charge on any atom is -0.380 e. The normalized spacial score (nSPS) is 26.9. The molecule has 1 aliphatic heterocycles. The molecular formula is C12H19NO. The van der Waals surface area contributed by atoms with Gasteiger partial charge >= 0.3 is 0 Å². The highest BCUT2D eigenvalue weighted by atomic mass is 16.5. The van der Waals surface area contributed by atoms with E-state index in [1.165, 1.54) is 25.7 Å². The fourth-order valence-electron chi connectivity index (χ4n) is 3.02. The predicted octanol–water partition coefficient (Wildman–Crippen LogP) is 2.74. The minimum absolute atomic E-state index is 0.165. The fraction of sp³-hybridized carbons (Fsp3) is 0.917. The molecule has 1 saturated heterocycles. The zero-order valence-electron chi connectivity index (χ0n) is 9.18. The first-order chi connectivity index (χ1) is 6.62. The summed E-state index contributed by atoms with van der Waals surface area (Å²) in [5, 5.41) is 9.25. The van der Waals surface area contributed by atoms with E-state index in [9.17, 15) is 5.26 Å². The third-order valence-corrected chi connectivity index (χ3v) is 4.38. The Morgan fingerprint density at radius 1 is 1.29 bits per heavy atom. The third-order valence-electron chi connectivity index (χ3n) is 4.38. The van der Waals surface area contributed by atoms with Crippen molar-refractivity contribution in [2.75, 3.05) is 13.2 Å². The van der Waals surface area contributed by atoms with E-state index >= 15 is 0 Å². The van der Waals surface area contributed by atoms with E-state index in [0.717, 1.165) is 19.1 Å². The molecule has 0 amide bonds. The molecule has 78 valence electrons. The van der Waals surface area contributed by atoms with Crippen LogP contribution < -0.4 is 0 Å². The van der Waals surface area contributed by atoms with Crippen molar-refractivity contribution in [3.63, 3.8) is 0 Å². The molecule has 0 atom stereocenters. The molecule has 0 aromatic heterocycles. The van der Waals surface area contributed by atoms with Gasteiger partial charge in [-0.3, -0.25) is 0 Å². The molecule has 1 aliphatic carbocycles. The number of rotatable bonds is 2. The molecular weight excluding hydrogens is 174 g/mol. The summed E-state index contributed by atoms with van der Waals surface area (Å²) in [5.41, 5.74) is -0.0570. The van der Waals surface area contributed by atoms with Gasteiger partial charge in [-0.15, -0.1) is 0 Å². The van der Waals surface area contributed by atoms with Crippen LogP contribution in [0, 0.1) is 28.1 Å². The molecule has 2 heteroatoms. The molecule has 0 N–H and O–H groups in total. The summed E-state index contributed by atoms with van der Waals surface area (Å²) in [6.07, 6.45) is 5.28. The molecule has 2 rings (SSSR count). The first-order valence-electron chi connectivity index (χ1n) is 5.61. The third kappa shape index (κ3) is 1.19. The maximum Gasteiger partial charge on any atom is 0.0691 e. The maximum atomic E-state index is 9.25. The van der Waals surface area contributed by atoms with E-state index in [1.54, 1.807) is 0 Å². The largest absolute Gasteiger partial charge is 0.380 e. The summed E-state index contributed by atoms with van der Waals surface area (Å²) in [6, 6.07) is 2.48. The van der Waals surface area contributed by atoms with Gasteiger partial charge in [0.1, 0.15) is 0 Å². The first kappa shape index (κ1) is 9.98. The Bertz CT molecular complexity index is 254. The van der Waals surface area contributed by atoms with E-state index < -0.39 is 0 Å². The molecule has 0 spiro atoms. The SMILES string of the molecule is CC(C)(C#N)C1(C2CCCC2)COC1. The second-order valence-corrected chi connectivity index (χ2v) is 5.37. The summed E-state index contributed by atoms with van der Waals surface area (Å²) in [7, 11) is 0. The van der Waals surface area contributed by atoms with Gasteiger partial charge in [0.05, 0.1) is 24.7 Å². The highest BCUT2D eigenvalue weighted by Gasteiger charge is 2.56. The fourth-order valence-corrected chi connectivity index (χ4v) is 3.02. The summed E-state index contributed by atoms with van der Waals surface area (Å²) in [4.78, 5) is 0. The molecule has 1 saturated carbocycles. The van der Waals surface area contributed by atoms with Gasteiger partial charge in [-0.1, -0.05) is 12.8 Å². The minimum atomic E-state index is -0.222. The van der Waals surface area contributed by atoms with Gasteiger partial charge in [-0.05, 0) is 32.6 Å². The van der Waals surface area contributed by atoms with Crippen molar-refractivity contribution >= 4 is 0 Å². The number of ether oxygens (including phenoxy) is 1. The van der Waals surface area contributed by atoms with Gasteiger partial charge in [0.15, 0.2) is 0 Å². The van der Waals surface area contributed by atoms with Gasteiger partial charge < -0.3 is 4.74 Å². The predicted molar refractivity (Wildman–Crippen MR) is 54.6 cm³/mol. The van der Waals surface area contributed by atoms with Crippen LogP contribution in [0.4, 0.5) is 0 Å². The van der Waals surface area contributed by atoms with Gasteiger partial charge in [0.2, 0.25) is 0 Å². The molecule has 2 aliphatic rings. The maximum absolute atomic E-state index is 9.25. The number of hydrogen-bond acceptors (Lipinski definition) is 2. The number of nitrogens with zero attached hydrogens (tertiary/aromatic N) is 1. The zero-order chi connectivity index (χ0) is 10.2. The highest BCUT2D eigenvalue weighted by Crippen LogP contribution is 2.54. The second-order valence-electron chi connectivity index (χ2n) is 5.37. The molecule has 2 nitrogen and oxygen atoms in total. The first-order valence-corrected chi connectivity index (χ1v) is 5.61. The number of nitriles is 1. The van der Waals surface area contributed by atoms with Crippen molar-refractivity contribution in [2.45, 2.75) is 39.5 Å². The molecule has 0 aromatic carbocycles. The van der Waals surface area contributed by atoms with Crippen molar-refractivity contribution < 1.29 is 4.74 Å². The van der Waals surface area contributed by atoms with Crippen LogP contribution in [0.3, 0.4) is 0 Å². The van der Waals surface area contributed by atoms with E-state index in [1.807, 2.05) is 0 Å². The van der Waals surface area contributed by atoms with Crippen LogP contribution in [0.5, 0.6) is 0 Å². The molecule has 0 unspecified atom stereocenters. The van der Waals surface area contributed by atoms with Crippen LogP contribution in [-0.2, 0) is 4.74 Å². The molecule has 14 heavy (non-hydrogen) atoms. The highest BCUT2D eigenvalue weighted by molar-refractivity contribution is 5.11. The molecule has 2 fully saturated rings. The second kappa shape index (κ2) is 3.24. The summed E-state index contributed by atoms with van der Waals surface area (Å²) in [6.45, 7) is 5.76. The van der Waals surface area contributed by atoms with Gasteiger partial charge in [-0.2, -0.15) is 5.26 Å². The smallest absolute Gasteiger partial charge is 0.0691 e. The lowest BCUT2D eigenvalue weighted by Gasteiger charge is -2.53. The Kier molecular flexibility index (Phi) is 2.31. The molecule has 1 heterocycles. The van der Waals surface area contributed by atoms with Crippen molar-refractivity contribution in [3.05, 3.63) is 0 Å². The zero-order valence-corrected chi connectivity index (χ0v) is 9.18. The Balaban J connectivity index is 2.21. The van der Waals surface area contributed by atoms with Crippen LogP contribution in [0.25, 0.3) is 0 Å². The van der Waals surface area contributed by atoms with E-state index in [0.29, 0.717) is 0 Å². The summed E-state index contributed by atoms with van der Waals surface area (Å²) in [5.74, 6) is 0.728. The Morgan fingerprint density at radius 3 is 2.21 bits per heavy atom. The summed E-state index contributed by atoms with van der Waals surface area (Å²) >= 11 is 0. The monoisotopic (exact) mass is 193 g/mol. The van der Waals surface area contributed by atoms with E-state index in [-0.39, 0.29) is 10.8 Å². The Hall–Kier alpha value is -0.550. The van der Waals surface area contributed by atoms with Crippen molar-refractivity contribution in [2.24, 2.45) is 16.7 Å². The topological polar surface area (TPSA) is 33.0 Å². The van der Waals surface area contributed by atoms with E-state index in [4.69, 9.17) is 4.74 Å². The Morgan fingerprint density at radius 2 is 1.86 bits per heavy atom. The molecule has 0 radical (unpaired) electrons. The molecule has 0 bridgehead atoms. The van der Waals surface area contributed by atoms with Crippen LogP contribution in [0.1, 0.15) is 39.5 Å².